The average Bonchev–Trinajstić information content (AvgIpc) is 3.33. The second kappa shape index (κ2) is 7.13. The van der Waals surface area contributed by atoms with E-state index in [1.807, 2.05) is 35.2 Å². The fourth-order valence-corrected chi connectivity index (χ4v) is 3.39. The van der Waals surface area contributed by atoms with E-state index < -0.39 is 0 Å². The summed E-state index contributed by atoms with van der Waals surface area (Å²) in [6.07, 6.45) is 5.80. The summed E-state index contributed by atoms with van der Waals surface area (Å²) in [4.78, 5) is 19.1. The molecule has 3 aromatic rings. The number of fused-ring (bicyclic) bond motifs is 1. The van der Waals surface area contributed by atoms with E-state index in [1.165, 1.54) is 0 Å². The van der Waals surface area contributed by atoms with E-state index in [4.69, 9.17) is 9.47 Å². The van der Waals surface area contributed by atoms with Crippen molar-refractivity contribution in [3.63, 3.8) is 0 Å². The fraction of sp³-hybridized carbons (Fsp3) is 0.316. The maximum atomic E-state index is 13.2. The Hall–Kier alpha value is -2.93. The van der Waals surface area contributed by atoms with Gasteiger partial charge in [0.1, 0.15) is 12.4 Å². The van der Waals surface area contributed by atoms with Crippen LogP contribution in [0.2, 0.25) is 0 Å². The summed E-state index contributed by atoms with van der Waals surface area (Å²) < 4.78 is 11.3. The molecule has 1 fully saturated rings. The number of nitrogens with zero attached hydrogens (tertiary/aromatic N) is 3. The molecule has 0 spiro atoms. The van der Waals surface area contributed by atoms with Crippen molar-refractivity contribution < 1.29 is 14.3 Å². The van der Waals surface area contributed by atoms with E-state index in [9.17, 15) is 4.79 Å². The fourth-order valence-electron chi connectivity index (χ4n) is 3.39. The molecule has 0 saturated carbocycles. The largest absolute Gasteiger partial charge is 0.490 e. The van der Waals surface area contributed by atoms with Crippen molar-refractivity contribution in [1.82, 2.24) is 20.1 Å². The number of rotatable bonds is 5. The Balaban J connectivity index is 1.56. The van der Waals surface area contributed by atoms with Crippen LogP contribution in [0.3, 0.4) is 0 Å². The molecule has 0 unspecified atom stereocenters. The van der Waals surface area contributed by atoms with Gasteiger partial charge in [0.2, 0.25) is 0 Å². The maximum Gasteiger partial charge on any atom is 0.255 e. The van der Waals surface area contributed by atoms with Crippen LogP contribution in [0.4, 0.5) is 0 Å². The van der Waals surface area contributed by atoms with Crippen molar-refractivity contribution in [1.29, 1.82) is 0 Å². The lowest BCUT2D eigenvalue weighted by Crippen LogP contribution is -2.39. The predicted octanol–water partition coefficient (Wildman–Crippen LogP) is 2.27. The minimum Gasteiger partial charge on any atom is -0.490 e. The molecular formula is C19H20N4O3. The van der Waals surface area contributed by atoms with E-state index in [-0.39, 0.29) is 18.1 Å². The summed E-state index contributed by atoms with van der Waals surface area (Å²) in [5.74, 6) is 0.661. The van der Waals surface area contributed by atoms with Gasteiger partial charge in [-0.05, 0) is 30.7 Å². The third-order valence-corrected chi connectivity index (χ3v) is 4.76. The van der Waals surface area contributed by atoms with Gasteiger partial charge in [0.05, 0.1) is 35.6 Å². The normalized spacial score (nSPS) is 19.8. The molecule has 1 aliphatic rings. The lowest BCUT2D eigenvalue weighted by Gasteiger charge is -2.24. The van der Waals surface area contributed by atoms with Crippen LogP contribution in [0, 0.1) is 0 Å². The lowest BCUT2D eigenvalue weighted by atomic mass is 10.1. The summed E-state index contributed by atoms with van der Waals surface area (Å²) in [5.41, 5.74) is 1.49. The number of benzene rings is 1. The van der Waals surface area contributed by atoms with Crippen molar-refractivity contribution >= 4 is 16.8 Å². The first-order valence-electron chi connectivity index (χ1n) is 8.55. The van der Waals surface area contributed by atoms with E-state index in [1.54, 1.807) is 25.7 Å². The molecule has 3 heterocycles. The van der Waals surface area contributed by atoms with Crippen molar-refractivity contribution in [3.05, 3.63) is 54.5 Å². The summed E-state index contributed by atoms with van der Waals surface area (Å²) in [7, 11) is 1.68. The van der Waals surface area contributed by atoms with E-state index in [2.05, 4.69) is 15.2 Å². The summed E-state index contributed by atoms with van der Waals surface area (Å²) in [6.45, 7) is 0.948. The van der Waals surface area contributed by atoms with E-state index in [0.29, 0.717) is 24.5 Å². The number of aromatic amines is 1. The van der Waals surface area contributed by atoms with Crippen molar-refractivity contribution in [3.8, 4) is 5.75 Å². The molecule has 134 valence electrons. The Morgan fingerprint density at radius 3 is 3.04 bits per heavy atom. The highest BCUT2D eigenvalue weighted by Crippen LogP contribution is 2.26. The molecule has 1 N–H and O–H groups in total. The van der Waals surface area contributed by atoms with Gasteiger partial charge in [-0.2, -0.15) is 5.10 Å². The Morgan fingerprint density at radius 1 is 1.31 bits per heavy atom. The molecule has 1 aliphatic heterocycles. The van der Waals surface area contributed by atoms with Gasteiger partial charge >= 0.3 is 0 Å². The summed E-state index contributed by atoms with van der Waals surface area (Å²) in [5, 5.41) is 7.78. The number of nitrogens with one attached hydrogen (secondary N) is 1. The first-order chi connectivity index (χ1) is 12.8. The number of amides is 1. The van der Waals surface area contributed by atoms with Crippen LogP contribution >= 0.6 is 0 Å². The Kier molecular flexibility index (Phi) is 4.53. The van der Waals surface area contributed by atoms with Gasteiger partial charge in [-0.3, -0.25) is 14.9 Å². The molecule has 0 bridgehead atoms. The summed E-state index contributed by atoms with van der Waals surface area (Å²) >= 11 is 0. The number of ether oxygens (including phenoxy) is 2. The Bertz CT molecular complexity index is 896. The molecule has 7 heteroatoms. The zero-order valence-electron chi connectivity index (χ0n) is 14.5. The van der Waals surface area contributed by atoms with Crippen molar-refractivity contribution in [2.75, 3.05) is 20.3 Å². The number of pyridine rings is 1. The second-order valence-electron chi connectivity index (χ2n) is 6.34. The zero-order valence-corrected chi connectivity index (χ0v) is 14.5. The topological polar surface area (TPSA) is 80.3 Å². The van der Waals surface area contributed by atoms with Crippen molar-refractivity contribution in [2.24, 2.45) is 0 Å². The molecule has 7 nitrogen and oxygen atoms in total. The molecule has 0 radical (unpaired) electrons. The van der Waals surface area contributed by atoms with Gasteiger partial charge < -0.3 is 14.4 Å². The number of hydrogen-bond donors (Lipinski definition) is 1. The Morgan fingerprint density at radius 2 is 2.23 bits per heavy atom. The zero-order chi connectivity index (χ0) is 17.9. The van der Waals surface area contributed by atoms with Gasteiger partial charge in [0, 0.05) is 25.2 Å². The number of likely N-dealkylation sites (tertiary alicyclic amines) is 1. The third-order valence-electron chi connectivity index (χ3n) is 4.76. The van der Waals surface area contributed by atoms with Gasteiger partial charge in [-0.1, -0.05) is 6.07 Å². The SMILES string of the molecule is CO[C@@H]1C[C@@H](COc2cccnc2)N(C(=O)c2cccc3[nH]ncc23)C1. The van der Waals surface area contributed by atoms with Crippen LogP contribution in [0.15, 0.2) is 48.9 Å². The number of carbonyl (C=O) groups is 1. The van der Waals surface area contributed by atoms with E-state index in [0.717, 1.165) is 17.3 Å². The van der Waals surface area contributed by atoms with Crippen LogP contribution in [0.25, 0.3) is 10.9 Å². The van der Waals surface area contributed by atoms with Crippen LogP contribution in [-0.4, -0.2) is 58.4 Å². The molecule has 4 rings (SSSR count). The van der Waals surface area contributed by atoms with Gasteiger partial charge in [-0.15, -0.1) is 0 Å². The van der Waals surface area contributed by atoms with Crippen LogP contribution in [0.5, 0.6) is 5.75 Å². The van der Waals surface area contributed by atoms with Gasteiger partial charge in [0.25, 0.3) is 5.91 Å². The second-order valence-corrected chi connectivity index (χ2v) is 6.34. The lowest BCUT2D eigenvalue weighted by molar-refractivity contribution is 0.0660. The molecule has 26 heavy (non-hydrogen) atoms. The highest BCUT2D eigenvalue weighted by molar-refractivity contribution is 6.06. The molecule has 1 aromatic carbocycles. The smallest absolute Gasteiger partial charge is 0.255 e. The van der Waals surface area contributed by atoms with E-state index >= 15 is 0 Å². The number of H-pyrrole nitrogens is 1. The quantitative estimate of drug-likeness (QED) is 0.762. The highest BCUT2D eigenvalue weighted by Gasteiger charge is 2.36. The molecule has 1 amide bonds. The average molecular weight is 352 g/mol. The molecule has 2 aromatic heterocycles. The molecule has 0 aliphatic carbocycles. The first kappa shape index (κ1) is 16.5. The molecule has 2 atom stereocenters. The number of methoxy groups -OCH3 is 1. The van der Waals surface area contributed by atoms with Gasteiger partial charge in [-0.25, -0.2) is 0 Å². The monoisotopic (exact) mass is 352 g/mol. The standard InChI is InChI=1S/C19H20N4O3/c1-25-15-8-13(12-26-14-4-3-7-20-9-14)23(11-15)19(24)16-5-2-6-18-17(16)10-21-22-18/h2-7,9-10,13,15H,8,11-12H2,1H3,(H,21,22)/t13-,15+/m0/s1. The van der Waals surface area contributed by atoms with Gasteiger partial charge in [0.15, 0.2) is 0 Å². The number of hydrogen-bond acceptors (Lipinski definition) is 5. The number of aromatic nitrogens is 3. The predicted molar refractivity (Wildman–Crippen MR) is 96.1 cm³/mol. The third kappa shape index (κ3) is 3.13. The van der Waals surface area contributed by atoms with Crippen LogP contribution < -0.4 is 4.74 Å². The summed E-state index contributed by atoms with van der Waals surface area (Å²) in [6, 6.07) is 9.22. The molecular weight excluding hydrogens is 332 g/mol. The Labute approximate surface area is 150 Å². The van der Waals surface area contributed by atoms with Crippen LogP contribution in [-0.2, 0) is 4.74 Å². The molecule has 1 saturated heterocycles. The minimum atomic E-state index is -0.0604. The highest BCUT2D eigenvalue weighted by atomic mass is 16.5. The maximum absolute atomic E-state index is 13.2. The van der Waals surface area contributed by atoms with Crippen molar-refractivity contribution in [2.45, 2.75) is 18.6 Å². The minimum absolute atomic E-state index is 0.00463. The van der Waals surface area contributed by atoms with Crippen LogP contribution in [0.1, 0.15) is 16.8 Å². The number of carbonyl (C=O) groups excluding carboxylic acids is 1. The first-order valence-corrected chi connectivity index (χ1v) is 8.55.